The van der Waals surface area contributed by atoms with E-state index in [0.29, 0.717) is 16.9 Å². The molecule has 1 heterocycles. The van der Waals surface area contributed by atoms with E-state index in [4.69, 9.17) is 0 Å². The Morgan fingerprint density at radius 3 is 2.33 bits per heavy atom. The number of nitrogens with zero attached hydrogens (tertiary/aromatic N) is 2. The fourth-order valence-corrected chi connectivity index (χ4v) is 2.57. The lowest BCUT2D eigenvalue weighted by molar-refractivity contribution is 0.457. The fraction of sp³-hybridized carbons (Fsp3) is 0.636. The molecule has 1 aromatic rings. The number of nitrogens with one attached hydrogen (secondary N) is 1. The minimum Gasteiger partial charge on any atom is -0.365 e. The van der Waals surface area contributed by atoms with Gasteiger partial charge in [0.25, 0.3) is 0 Å². The number of hydrogen-bond acceptors (Lipinski definition) is 3. The zero-order valence-electron chi connectivity index (χ0n) is 9.50. The summed E-state index contributed by atoms with van der Waals surface area (Å²) < 4.78 is 1.08. The molecule has 0 unspecified atom stereocenters. The summed E-state index contributed by atoms with van der Waals surface area (Å²) in [6.45, 7) is 9.16. The van der Waals surface area contributed by atoms with Crippen molar-refractivity contribution in [3.05, 3.63) is 16.1 Å². The fourth-order valence-electron chi connectivity index (χ4n) is 2.11. The molecule has 1 aliphatic rings. The third-order valence-corrected chi connectivity index (χ3v) is 4.76. The number of hydrogen-bond donors (Lipinski definition) is 1. The molecule has 1 saturated carbocycles. The van der Waals surface area contributed by atoms with Crippen LogP contribution >= 0.6 is 22.6 Å². The van der Waals surface area contributed by atoms with Crippen LogP contribution in [0.5, 0.6) is 0 Å². The van der Waals surface area contributed by atoms with Gasteiger partial charge in [-0.25, -0.2) is 9.97 Å². The molecular weight excluding hydrogens is 301 g/mol. The van der Waals surface area contributed by atoms with Crippen LogP contribution < -0.4 is 5.32 Å². The van der Waals surface area contributed by atoms with Crippen molar-refractivity contribution in [2.24, 2.45) is 10.8 Å². The summed E-state index contributed by atoms with van der Waals surface area (Å²) in [7, 11) is 0. The summed E-state index contributed by atoms with van der Waals surface area (Å²) in [5.74, 6) is 0.953. The molecule has 0 spiro atoms. The van der Waals surface area contributed by atoms with Gasteiger partial charge < -0.3 is 5.32 Å². The molecule has 1 fully saturated rings. The van der Waals surface area contributed by atoms with Crippen LogP contribution in [0, 0.1) is 14.4 Å². The highest BCUT2D eigenvalue weighted by atomic mass is 127. The van der Waals surface area contributed by atoms with Gasteiger partial charge in [-0.1, -0.05) is 27.7 Å². The van der Waals surface area contributed by atoms with E-state index < -0.39 is 0 Å². The van der Waals surface area contributed by atoms with Gasteiger partial charge >= 0.3 is 0 Å². The van der Waals surface area contributed by atoms with Crippen LogP contribution in [0.15, 0.2) is 12.5 Å². The molecule has 0 saturated heterocycles. The lowest BCUT2D eigenvalue weighted by atomic mass is 10.0. The van der Waals surface area contributed by atoms with E-state index in [2.05, 4.69) is 65.6 Å². The van der Waals surface area contributed by atoms with E-state index in [1.165, 1.54) is 0 Å². The molecule has 1 N–H and O–H groups in total. The zero-order valence-corrected chi connectivity index (χ0v) is 11.7. The number of halogens is 1. The van der Waals surface area contributed by atoms with Gasteiger partial charge in [-0.3, -0.25) is 0 Å². The first-order valence-electron chi connectivity index (χ1n) is 5.09. The van der Waals surface area contributed by atoms with Gasteiger partial charge in [0.05, 0.1) is 3.57 Å². The summed E-state index contributed by atoms with van der Waals surface area (Å²) in [5, 5.41) is 3.51. The van der Waals surface area contributed by atoms with E-state index in [-0.39, 0.29) is 0 Å². The lowest BCUT2D eigenvalue weighted by Gasteiger charge is -2.08. The Morgan fingerprint density at radius 1 is 1.27 bits per heavy atom. The Kier molecular flexibility index (Phi) is 2.44. The van der Waals surface area contributed by atoms with Crippen LogP contribution in [-0.2, 0) is 0 Å². The molecule has 0 aromatic carbocycles. The third-order valence-electron chi connectivity index (χ3n) is 3.97. The second-order valence-electron chi connectivity index (χ2n) is 5.24. The van der Waals surface area contributed by atoms with Crippen LogP contribution in [0.2, 0.25) is 0 Å². The van der Waals surface area contributed by atoms with Gasteiger partial charge in [0.1, 0.15) is 12.1 Å². The Labute approximate surface area is 104 Å². The number of anilines is 1. The average Bonchev–Trinajstić information content (AvgIpc) is 2.51. The highest BCUT2D eigenvalue weighted by molar-refractivity contribution is 14.1. The summed E-state index contributed by atoms with van der Waals surface area (Å²) in [6.07, 6.45) is 3.42. The van der Waals surface area contributed by atoms with E-state index in [9.17, 15) is 0 Å². The summed E-state index contributed by atoms with van der Waals surface area (Å²) in [4.78, 5) is 8.25. The van der Waals surface area contributed by atoms with Gasteiger partial charge in [0, 0.05) is 12.2 Å². The van der Waals surface area contributed by atoms with E-state index in [1.54, 1.807) is 6.33 Å². The Hall–Kier alpha value is -0.390. The van der Waals surface area contributed by atoms with Crippen LogP contribution in [0.1, 0.15) is 27.7 Å². The lowest BCUT2D eigenvalue weighted by Crippen LogP contribution is -2.12. The summed E-state index contributed by atoms with van der Waals surface area (Å²) >= 11 is 2.26. The quantitative estimate of drug-likeness (QED) is 0.852. The van der Waals surface area contributed by atoms with Gasteiger partial charge in [-0.2, -0.15) is 0 Å². The predicted molar refractivity (Wildman–Crippen MR) is 69.7 cm³/mol. The van der Waals surface area contributed by atoms with Crippen LogP contribution in [0.25, 0.3) is 0 Å². The number of rotatable bonds is 2. The average molecular weight is 317 g/mol. The topological polar surface area (TPSA) is 37.8 Å². The standard InChI is InChI=1S/C11H16IN3/c1-10(2)9(11(10,3)4)15-8-7(12)5-13-6-14-8/h5-6,9H,1-4H3,(H,13,14,15). The van der Waals surface area contributed by atoms with Gasteiger partial charge in [-0.15, -0.1) is 0 Å². The minimum absolute atomic E-state index is 0.334. The van der Waals surface area contributed by atoms with Crippen molar-refractivity contribution in [1.82, 2.24) is 9.97 Å². The smallest absolute Gasteiger partial charge is 0.143 e. The molecule has 1 aliphatic carbocycles. The van der Waals surface area contributed by atoms with Crippen molar-refractivity contribution in [2.45, 2.75) is 33.7 Å². The van der Waals surface area contributed by atoms with Gasteiger partial charge in [-0.05, 0) is 33.4 Å². The van der Waals surface area contributed by atoms with Gasteiger partial charge in [0.15, 0.2) is 0 Å². The van der Waals surface area contributed by atoms with Crippen LogP contribution in [0.4, 0.5) is 5.82 Å². The Bertz CT molecular complexity index is 373. The number of aromatic nitrogens is 2. The highest BCUT2D eigenvalue weighted by Crippen LogP contribution is 2.63. The Balaban J connectivity index is 2.16. The summed E-state index contributed by atoms with van der Waals surface area (Å²) in [5.41, 5.74) is 0.669. The maximum absolute atomic E-state index is 4.26. The van der Waals surface area contributed by atoms with Crippen molar-refractivity contribution in [3.8, 4) is 0 Å². The molecule has 4 heteroatoms. The molecule has 0 amide bonds. The first-order valence-corrected chi connectivity index (χ1v) is 6.17. The Morgan fingerprint density at radius 2 is 1.87 bits per heavy atom. The molecular formula is C11H16IN3. The highest BCUT2D eigenvalue weighted by Gasteiger charge is 2.65. The molecule has 0 bridgehead atoms. The second kappa shape index (κ2) is 3.30. The van der Waals surface area contributed by atoms with Crippen LogP contribution in [-0.4, -0.2) is 16.0 Å². The second-order valence-corrected chi connectivity index (χ2v) is 6.40. The summed E-state index contributed by atoms with van der Waals surface area (Å²) in [6, 6.07) is 0.494. The van der Waals surface area contributed by atoms with Gasteiger partial charge in [0.2, 0.25) is 0 Å². The predicted octanol–water partition coefficient (Wildman–Crippen LogP) is 2.93. The molecule has 82 valence electrons. The van der Waals surface area contributed by atoms with Crippen molar-refractivity contribution in [1.29, 1.82) is 0 Å². The maximum atomic E-state index is 4.26. The normalized spacial score (nSPS) is 22.5. The molecule has 1 aromatic heterocycles. The SMILES string of the molecule is CC1(C)C(Nc2ncncc2I)C1(C)C. The first-order chi connectivity index (χ1) is 6.87. The van der Waals surface area contributed by atoms with E-state index in [1.807, 2.05) is 6.20 Å². The van der Waals surface area contributed by atoms with E-state index >= 15 is 0 Å². The molecule has 2 rings (SSSR count). The third kappa shape index (κ3) is 1.62. The molecule has 0 radical (unpaired) electrons. The monoisotopic (exact) mass is 317 g/mol. The molecule has 0 atom stereocenters. The van der Waals surface area contributed by atoms with Crippen molar-refractivity contribution in [3.63, 3.8) is 0 Å². The van der Waals surface area contributed by atoms with Crippen molar-refractivity contribution in [2.75, 3.05) is 5.32 Å². The zero-order chi connectivity index (χ0) is 11.3. The minimum atomic E-state index is 0.334. The largest absolute Gasteiger partial charge is 0.365 e. The van der Waals surface area contributed by atoms with Crippen molar-refractivity contribution < 1.29 is 0 Å². The molecule has 0 aliphatic heterocycles. The van der Waals surface area contributed by atoms with E-state index in [0.717, 1.165) is 9.39 Å². The molecule has 3 nitrogen and oxygen atoms in total. The van der Waals surface area contributed by atoms with Crippen molar-refractivity contribution >= 4 is 28.4 Å². The molecule has 15 heavy (non-hydrogen) atoms. The maximum Gasteiger partial charge on any atom is 0.143 e. The van der Waals surface area contributed by atoms with Crippen LogP contribution in [0.3, 0.4) is 0 Å². The first kappa shape index (κ1) is 11.1.